The van der Waals surface area contributed by atoms with Crippen LogP contribution in [0.25, 0.3) is 11.1 Å². The minimum atomic E-state index is -0.590. The van der Waals surface area contributed by atoms with E-state index in [1.165, 1.54) is 6.92 Å². The van der Waals surface area contributed by atoms with Gasteiger partial charge >= 0.3 is 0 Å². The molecular weight excluding hydrogens is 318 g/mol. The zero-order chi connectivity index (χ0) is 16.6. The fourth-order valence-electron chi connectivity index (χ4n) is 2.48. The Morgan fingerprint density at radius 2 is 1.78 bits per heavy atom. The molecule has 1 aliphatic heterocycles. The van der Waals surface area contributed by atoms with Crippen LogP contribution in [-0.4, -0.2) is 24.9 Å². The predicted molar refractivity (Wildman–Crippen MR) is 86.4 cm³/mol. The molecule has 3 rings (SSSR count). The number of rotatable bonds is 3. The highest BCUT2D eigenvalue weighted by Gasteiger charge is 2.21. The van der Waals surface area contributed by atoms with E-state index in [1.54, 1.807) is 30.3 Å². The number of hydrogen-bond donors (Lipinski definition) is 1. The van der Waals surface area contributed by atoms with Crippen molar-refractivity contribution in [2.75, 3.05) is 13.2 Å². The van der Waals surface area contributed by atoms with Crippen molar-refractivity contribution in [1.29, 1.82) is 0 Å². The number of fused-ring (bicyclic) bond motifs is 1. The van der Waals surface area contributed by atoms with E-state index in [1.807, 2.05) is 0 Å². The van der Waals surface area contributed by atoms with Gasteiger partial charge in [-0.3, -0.25) is 9.59 Å². The van der Waals surface area contributed by atoms with Crippen LogP contribution in [-0.2, 0) is 0 Å². The van der Waals surface area contributed by atoms with Gasteiger partial charge in [0.15, 0.2) is 17.3 Å². The van der Waals surface area contributed by atoms with Crippen molar-refractivity contribution in [3.8, 4) is 22.6 Å². The molecule has 118 valence electrons. The molecule has 2 N–H and O–H groups in total. The Hall–Kier alpha value is -2.53. The molecule has 1 amide bonds. The lowest BCUT2D eigenvalue weighted by atomic mass is 9.98. The molecule has 0 saturated heterocycles. The summed E-state index contributed by atoms with van der Waals surface area (Å²) in [5, 5.41) is 0.259. The number of Topliss-reactive ketones (excluding diaryl/α,β-unsaturated/α-hetero) is 1. The second kappa shape index (κ2) is 5.93. The molecule has 0 atom stereocenters. The van der Waals surface area contributed by atoms with Gasteiger partial charge in [0.25, 0.3) is 0 Å². The van der Waals surface area contributed by atoms with E-state index < -0.39 is 5.91 Å². The molecule has 23 heavy (non-hydrogen) atoms. The van der Waals surface area contributed by atoms with Crippen LogP contribution < -0.4 is 15.2 Å². The molecule has 0 aliphatic carbocycles. The average molecular weight is 332 g/mol. The Morgan fingerprint density at radius 1 is 1.04 bits per heavy atom. The van der Waals surface area contributed by atoms with Crippen molar-refractivity contribution in [3.05, 3.63) is 46.5 Å². The van der Waals surface area contributed by atoms with Gasteiger partial charge in [0.1, 0.15) is 13.2 Å². The topological polar surface area (TPSA) is 78.6 Å². The van der Waals surface area contributed by atoms with Crippen molar-refractivity contribution in [3.63, 3.8) is 0 Å². The van der Waals surface area contributed by atoms with Gasteiger partial charge in [-0.05, 0) is 42.3 Å². The number of halogens is 1. The van der Waals surface area contributed by atoms with Crippen LogP contribution in [0.4, 0.5) is 0 Å². The molecule has 0 bridgehead atoms. The number of hydrogen-bond acceptors (Lipinski definition) is 4. The molecule has 0 fully saturated rings. The summed E-state index contributed by atoms with van der Waals surface area (Å²) in [4.78, 5) is 23.1. The normalized spacial score (nSPS) is 12.8. The highest BCUT2D eigenvalue weighted by molar-refractivity contribution is 6.34. The van der Waals surface area contributed by atoms with Gasteiger partial charge in [0, 0.05) is 0 Å². The van der Waals surface area contributed by atoms with Crippen LogP contribution in [0.15, 0.2) is 30.3 Å². The minimum Gasteiger partial charge on any atom is -0.486 e. The van der Waals surface area contributed by atoms with Crippen LogP contribution in [0, 0.1) is 0 Å². The number of nitrogens with two attached hydrogens (primary N) is 1. The molecular formula is C17H14ClNO4. The van der Waals surface area contributed by atoms with Crippen LogP contribution in [0.3, 0.4) is 0 Å². The van der Waals surface area contributed by atoms with Gasteiger partial charge in [0.05, 0.1) is 16.1 Å². The highest BCUT2D eigenvalue weighted by Crippen LogP contribution is 2.39. The van der Waals surface area contributed by atoms with E-state index in [0.717, 1.165) is 11.1 Å². The third-order valence-corrected chi connectivity index (χ3v) is 3.90. The van der Waals surface area contributed by atoms with E-state index in [9.17, 15) is 9.59 Å². The summed E-state index contributed by atoms with van der Waals surface area (Å²) in [6.07, 6.45) is 0. The van der Waals surface area contributed by atoms with Gasteiger partial charge in [-0.15, -0.1) is 0 Å². The number of carbonyl (C=O) groups excluding carboxylic acids is 2. The third-order valence-electron chi connectivity index (χ3n) is 3.59. The second-order valence-corrected chi connectivity index (χ2v) is 5.57. The molecule has 0 radical (unpaired) electrons. The summed E-state index contributed by atoms with van der Waals surface area (Å²) in [5.74, 6) is 0.281. The zero-order valence-corrected chi connectivity index (χ0v) is 13.1. The number of ether oxygens (including phenoxy) is 2. The zero-order valence-electron chi connectivity index (χ0n) is 12.4. The predicted octanol–water partition coefficient (Wildman–Crippen LogP) is 3.08. The summed E-state index contributed by atoms with van der Waals surface area (Å²) in [7, 11) is 0. The molecule has 0 aromatic heterocycles. The fraction of sp³-hybridized carbons (Fsp3) is 0.176. The fourth-order valence-corrected chi connectivity index (χ4v) is 2.75. The van der Waals surface area contributed by atoms with Crippen LogP contribution in [0.2, 0.25) is 5.02 Å². The van der Waals surface area contributed by atoms with Gasteiger partial charge in [-0.1, -0.05) is 17.7 Å². The van der Waals surface area contributed by atoms with Crippen LogP contribution >= 0.6 is 11.6 Å². The van der Waals surface area contributed by atoms with E-state index in [0.29, 0.717) is 30.3 Å². The van der Waals surface area contributed by atoms with Crippen LogP contribution in [0.1, 0.15) is 27.6 Å². The van der Waals surface area contributed by atoms with E-state index in [2.05, 4.69) is 0 Å². The largest absolute Gasteiger partial charge is 0.486 e. The lowest BCUT2D eigenvalue weighted by molar-refractivity contribution is 0.0993. The molecule has 2 aromatic carbocycles. The number of amides is 1. The summed E-state index contributed by atoms with van der Waals surface area (Å²) in [6, 6.07) is 8.44. The lowest BCUT2D eigenvalue weighted by Crippen LogP contribution is -2.17. The SMILES string of the molecule is CC(=O)c1cc(-c2ccc(C(N)=O)c(Cl)c2)cc2c1OCCO2. The molecule has 6 heteroatoms. The van der Waals surface area contributed by atoms with E-state index >= 15 is 0 Å². The first-order chi connectivity index (χ1) is 11.0. The number of carbonyl (C=O) groups is 2. The maximum atomic E-state index is 11.9. The van der Waals surface area contributed by atoms with Crippen LogP contribution in [0.5, 0.6) is 11.5 Å². The molecule has 1 heterocycles. The van der Waals surface area contributed by atoms with Gasteiger partial charge in [0.2, 0.25) is 5.91 Å². The highest BCUT2D eigenvalue weighted by atomic mass is 35.5. The maximum Gasteiger partial charge on any atom is 0.250 e. The van der Waals surface area contributed by atoms with Crippen molar-refractivity contribution in [1.82, 2.24) is 0 Å². The van der Waals surface area contributed by atoms with Crippen molar-refractivity contribution >= 4 is 23.3 Å². The lowest BCUT2D eigenvalue weighted by Gasteiger charge is -2.21. The summed E-state index contributed by atoms with van der Waals surface area (Å²) in [5.41, 5.74) is 7.45. The Kier molecular flexibility index (Phi) is 3.96. The quantitative estimate of drug-likeness (QED) is 0.877. The van der Waals surface area contributed by atoms with Gasteiger partial charge < -0.3 is 15.2 Å². The molecule has 0 unspecified atom stereocenters. The monoisotopic (exact) mass is 331 g/mol. The molecule has 1 aliphatic rings. The van der Waals surface area contributed by atoms with Gasteiger partial charge in [-0.25, -0.2) is 0 Å². The maximum absolute atomic E-state index is 11.9. The van der Waals surface area contributed by atoms with Crippen molar-refractivity contribution in [2.24, 2.45) is 5.73 Å². The number of primary amides is 1. The standard InChI is InChI=1S/C17H14ClNO4/c1-9(20)13-6-11(8-15-16(13)23-5-4-22-15)10-2-3-12(17(19)21)14(18)7-10/h2-3,6-8H,4-5H2,1H3,(H2,19,21). The Morgan fingerprint density at radius 3 is 2.43 bits per heavy atom. The molecule has 0 saturated carbocycles. The molecule has 5 nitrogen and oxygen atoms in total. The first-order valence-electron chi connectivity index (χ1n) is 7.01. The molecule has 2 aromatic rings. The Balaban J connectivity index is 2.13. The summed E-state index contributed by atoms with van der Waals surface area (Å²) >= 11 is 6.10. The summed E-state index contributed by atoms with van der Waals surface area (Å²) < 4.78 is 11.1. The Bertz CT molecular complexity index is 816. The Labute approximate surface area is 138 Å². The number of benzene rings is 2. The van der Waals surface area contributed by atoms with Crippen molar-refractivity contribution < 1.29 is 19.1 Å². The third kappa shape index (κ3) is 2.87. The molecule has 0 spiro atoms. The minimum absolute atomic E-state index is 0.117. The summed E-state index contributed by atoms with van der Waals surface area (Å²) in [6.45, 7) is 2.31. The van der Waals surface area contributed by atoms with E-state index in [-0.39, 0.29) is 16.4 Å². The first kappa shape index (κ1) is 15.4. The first-order valence-corrected chi connectivity index (χ1v) is 7.39. The number of ketones is 1. The second-order valence-electron chi connectivity index (χ2n) is 5.16. The van der Waals surface area contributed by atoms with Gasteiger partial charge in [-0.2, -0.15) is 0 Å². The van der Waals surface area contributed by atoms with Crippen molar-refractivity contribution in [2.45, 2.75) is 6.92 Å². The van der Waals surface area contributed by atoms with E-state index in [4.69, 9.17) is 26.8 Å². The average Bonchev–Trinajstić information content (AvgIpc) is 2.53. The smallest absolute Gasteiger partial charge is 0.250 e.